The third-order valence-electron chi connectivity index (χ3n) is 8.93. The van der Waals surface area contributed by atoms with Crippen molar-refractivity contribution in [2.75, 3.05) is 0 Å². The maximum absolute atomic E-state index is 13.5. The van der Waals surface area contributed by atoms with Gasteiger partial charge in [0.15, 0.2) is 0 Å². The van der Waals surface area contributed by atoms with E-state index in [-0.39, 0.29) is 32.1 Å². The predicted molar refractivity (Wildman–Crippen MR) is 204 cm³/mol. The fraction of sp³-hybridized carbons (Fsp3) is 0.487. The van der Waals surface area contributed by atoms with Crippen molar-refractivity contribution < 1.29 is 53.7 Å². The average molecular weight is 783 g/mol. The molecule has 0 saturated carbocycles. The van der Waals surface area contributed by atoms with Crippen LogP contribution in [0.25, 0.3) is 0 Å². The minimum absolute atomic E-state index is 0.0198. The van der Waals surface area contributed by atoms with Crippen molar-refractivity contribution in [3.63, 3.8) is 0 Å². The van der Waals surface area contributed by atoms with Gasteiger partial charge in [0.2, 0.25) is 23.6 Å². The zero-order valence-corrected chi connectivity index (χ0v) is 32.1. The van der Waals surface area contributed by atoms with Crippen LogP contribution in [0.1, 0.15) is 83.8 Å². The first kappa shape index (κ1) is 46.2. The molecule has 0 aromatic heterocycles. The molecule has 0 spiro atoms. The maximum Gasteiger partial charge on any atom is 0.326 e. The number of urea groups is 1. The summed E-state index contributed by atoms with van der Waals surface area (Å²) in [6.07, 6.45) is -0.376. The van der Waals surface area contributed by atoms with Crippen molar-refractivity contribution in [3.8, 4) is 0 Å². The molecule has 0 heterocycles. The molecule has 10 N–H and O–H groups in total. The molecule has 2 rings (SSSR count). The number of aliphatic carboxylic acids is 3. The van der Waals surface area contributed by atoms with E-state index >= 15 is 0 Å². The van der Waals surface area contributed by atoms with Gasteiger partial charge in [0.25, 0.3) is 0 Å². The summed E-state index contributed by atoms with van der Waals surface area (Å²) in [5.74, 6) is -6.43. The van der Waals surface area contributed by atoms with Gasteiger partial charge in [-0.25, -0.2) is 14.4 Å². The van der Waals surface area contributed by atoms with Gasteiger partial charge in [-0.3, -0.25) is 24.0 Å². The van der Waals surface area contributed by atoms with Crippen LogP contribution in [0.4, 0.5) is 4.79 Å². The molecule has 56 heavy (non-hydrogen) atoms. The van der Waals surface area contributed by atoms with E-state index in [9.17, 15) is 48.6 Å². The average Bonchev–Trinajstić information content (AvgIpc) is 3.10. The van der Waals surface area contributed by atoms with Crippen LogP contribution < -0.4 is 32.3 Å². The first-order valence-electron chi connectivity index (χ1n) is 18.2. The second-order valence-corrected chi connectivity index (χ2v) is 15.1. The Morgan fingerprint density at radius 1 is 0.607 bits per heavy atom. The van der Waals surface area contributed by atoms with E-state index in [1.54, 1.807) is 13.8 Å². The quantitative estimate of drug-likeness (QED) is 0.0741. The largest absolute Gasteiger partial charge is 0.481 e. The molecule has 0 fully saturated rings. The SMILES string of the molecule is CC(C)(CCC(C)(C)NC(=O)CC[C@H](NC(=O)N[C@@H](CCC(=O)O)C(=O)O)C(=O)O)CC(=O)NC(Cc1ccccc1)C(=O)N[C@@H](Cc1ccccc1)C(N)=O. The highest BCUT2D eigenvalue weighted by Crippen LogP contribution is 2.30. The first-order valence-corrected chi connectivity index (χ1v) is 18.2. The number of nitrogens with one attached hydrogen (secondary N) is 5. The first-order chi connectivity index (χ1) is 26.2. The number of hydrogen-bond donors (Lipinski definition) is 9. The minimum Gasteiger partial charge on any atom is -0.481 e. The Bertz CT molecular complexity index is 1680. The summed E-state index contributed by atoms with van der Waals surface area (Å²) in [4.78, 5) is 98.3. The molecule has 0 aliphatic rings. The number of rotatable bonds is 24. The number of primary amides is 1. The van der Waals surface area contributed by atoms with E-state index < -0.39 is 95.5 Å². The Morgan fingerprint density at radius 2 is 1.09 bits per heavy atom. The fourth-order valence-corrected chi connectivity index (χ4v) is 5.74. The van der Waals surface area contributed by atoms with Crippen molar-refractivity contribution in [2.24, 2.45) is 11.1 Å². The van der Waals surface area contributed by atoms with Crippen LogP contribution >= 0.6 is 0 Å². The third kappa shape index (κ3) is 17.9. The number of carboxylic acid groups (broad SMARTS) is 3. The zero-order chi connectivity index (χ0) is 42.1. The number of benzene rings is 2. The highest BCUT2D eigenvalue weighted by Gasteiger charge is 2.32. The maximum atomic E-state index is 13.5. The molecule has 17 heteroatoms. The van der Waals surface area contributed by atoms with Gasteiger partial charge in [0.05, 0.1) is 0 Å². The molecule has 1 unspecified atom stereocenters. The molecular weight excluding hydrogens is 728 g/mol. The lowest BCUT2D eigenvalue weighted by Gasteiger charge is -2.32. The van der Waals surface area contributed by atoms with E-state index in [0.717, 1.165) is 11.1 Å². The van der Waals surface area contributed by atoms with Gasteiger partial charge in [-0.05, 0) is 56.1 Å². The molecular formula is C39H54N6O11. The molecule has 2 aromatic rings. The number of carboxylic acids is 3. The summed E-state index contributed by atoms with van der Waals surface area (Å²) in [7, 11) is 0. The molecule has 306 valence electrons. The van der Waals surface area contributed by atoms with Gasteiger partial charge in [-0.1, -0.05) is 74.5 Å². The summed E-state index contributed by atoms with van der Waals surface area (Å²) in [6.45, 7) is 7.25. The van der Waals surface area contributed by atoms with Crippen molar-refractivity contribution in [1.82, 2.24) is 26.6 Å². The molecule has 4 atom stereocenters. The number of amides is 6. The van der Waals surface area contributed by atoms with Crippen molar-refractivity contribution in [2.45, 2.75) is 115 Å². The minimum atomic E-state index is -1.57. The summed E-state index contributed by atoms with van der Waals surface area (Å²) >= 11 is 0. The second kappa shape index (κ2) is 21.8. The lowest BCUT2D eigenvalue weighted by molar-refractivity contribution is -0.141. The molecule has 0 aliphatic carbocycles. The standard InChI is InChI=1S/C39H54N6O11/c1-38(2,19-20-39(3,4)45-30(46)17-15-26(35(52)53)43-37(56)44-27(36(54)55)16-18-32(48)49)23-31(47)41-29(22-25-13-9-6-10-14-25)34(51)42-28(33(40)50)21-24-11-7-5-8-12-24/h5-14,26-29H,15-23H2,1-4H3,(H2,40,50)(H,41,47)(H,42,51)(H,45,46)(H,48,49)(H,52,53)(H,54,55)(H2,43,44,56)/t26-,27-,28-,29?/m0/s1. The Kier molecular flexibility index (Phi) is 17.9. The topological polar surface area (TPSA) is 283 Å². The molecule has 0 bridgehead atoms. The summed E-state index contributed by atoms with van der Waals surface area (Å²) < 4.78 is 0. The van der Waals surface area contributed by atoms with Crippen LogP contribution in [0.5, 0.6) is 0 Å². The summed E-state index contributed by atoms with van der Waals surface area (Å²) in [5, 5.41) is 40.1. The molecule has 0 saturated heterocycles. The Balaban J connectivity index is 1.97. The Hall–Kier alpha value is -6.00. The molecule has 0 aliphatic heterocycles. The van der Waals surface area contributed by atoms with Crippen LogP contribution in [0.15, 0.2) is 60.7 Å². The summed E-state index contributed by atoms with van der Waals surface area (Å²) in [5.41, 5.74) is 5.81. The van der Waals surface area contributed by atoms with E-state index in [2.05, 4.69) is 21.3 Å². The molecule has 17 nitrogen and oxygen atoms in total. The monoisotopic (exact) mass is 782 g/mol. The van der Waals surface area contributed by atoms with Crippen molar-refractivity contribution in [3.05, 3.63) is 71.8 Å². The van der Waals surface area contributed by atoms with Crippen LogP contribution in [0.3, 0.4) is 0 Å². The van der Waals surface area contributed by atoms with Crippen LogP contribution in [0, 0.1) is 5.41 Å². The number of hydrogen-bond acceptors (Lipinski definition) is 8. The highest BCUT2D eigenvalue weighted by molar-refractivity contribution is 5.92. The normalized spacial score (nSPS) is 13.5. The van der Waals surface area contributed by atoms with Gasteiger partial charge >= 0.3 is 23.9 Å². The number of nitrogens with two attached hydrogens (primary N) is 1. The van der Waals surface area contributed by atoms with Crippen LogP contribution in [-0.4, -0.2) is 92.6 Å². The van der Waals surface area contributed by atoms with Crippen LogP contribution in [0.2, 0.25) is 0 Å². The lowest BCUT2D eigenvalue weighted by Crippen LogP contribution is -2.54. The van der Waals surface area contributed by atoms with Gasteiger partial charge in [0.1, 0.15) is 24.2 Å². The van der Waals surface area contributed by atoms with Crippen molar-refractivity contribution in [1.29, 1.82) is 0 Å². The Morgan fingerprint density at radius 3 is 1.55 bits per heavy atom. The van der Waals surface area contributed by atoms with Gasteiger partial charge in [-0.2, -0.15) is 0 Å². The lowest BCUT2D eigenvalue weighted by atomic mass is 9.80. The zero-order valence-electron chi connectivity index (χ0n) is 32.1. The van der Waals surface area contributed by atoms with Crippen molar-refractivity contribution >= 4 is 47.6 Å². The second-order valence-electron chi connectivity index (χ2n) is 15.1. The van der Waals surface area contributed by atoms with Crippen LogP contribution in [-0.2, 0) is 46.4 Å². The van der Waals surface area contributed by atoms with E-state index in [1.807, 2.05) is 79.8 Å². The van der Waals surface area contributed by atoms with E-state index in [1.165, 1.54) is 0 Å². The highest BCUT2D eigenvalue weighted by atomic mass is 16.4. The summed E-state index contributed by atoms with van der Waals surface area (Å²) in [6, 6.07) is 11.9. The van der Waals surface area contributed by atoms with E-state index in [0.29, 0.717) is 12.8 Å². The molecule has 2 aromatic carbocycles. The van der Waals surface area contributed by atoms with Gasteiger partial charge in [0, 0.05) is 37.6 Å². The Labute approximate surface area is 325 Å². The third-order valence-corrected chi connectivity index (χ3v) is 8.93. The molecule has 6 amide bonds. The number of carbonyl (C=O) groups is 8. The van der Waals surface area contributed by atoms with Gasteiger partial charge in [-0.15, -0.1) is 0 Å². The predicted octanol–water partition coefficient (Wildman–Crippen LogP) is 1.87. The smallest absolute Gasteiger partial charge is 0.326 e. The van der Waals surface area contributed by atoms with E-state index in [4.69, 9.17) is 10.8 Å². The number of carbonyl (C=O) groups excluding carboxylic acids is 5. The van der Waals surface area contributed by atoms with Gasteiger partial charge < -0.3 is 47.6 Å². The fourth-order valence-electron chi connectivity index (χ4n) is 5.74. The molecule has 0 radical (unpaired) electrons.